The maximum Gasteiger partial charge on any atom is 0.0252 e. The van der Waals surface area contributed by atoms with E-state index in [2.05, 4.69) is 49.7 Å². The zero-order chi connectivity index (χ0) is 12.0. The van der Waals surface area contributed by atoms with Crippen molar-refractivity contribution in [2.24, 2.45) is 0 Å². The molecule has 0 aromatic carbocycles. The number of rotatable bonds is 6. The summed E-state index contributed by atoms with van der Waals surface area (Å²) in [6.07, 6.45) is 2.61. The molecule has 16 heavy (non-hydrogen) atoms. The Bertz CT molecular complexity index is 194. The summed E-state index contributed by atoms with van der Waals surface area (Å²) in [5, 5.41) is 3.64. The highest BCUT2D eigenvalue weighted by atomic mass is 32.2. The highest BCUT2D eigenvalue weighted by Crippen LogP contribution is 2.17. The molecular formula is C13H28N2S. The van der Waals surface area contributed by atoms with Gasteiger partial charge >= 0.3 is 0 Å². The fraction of sp³-hybridized carbons (Fsp3) is 1.00. The Balaban J connectivity index is 2.34. The third-order valence-electron chi connectivity index (χ3n) is 3.34. The van der Waals surface area contributed by atoms with Gasteiger partial charge in [0, 0.05) is 24.7 Å². The van der Waals surface area contributed by atoms with Crippen molar-refractivity contribution in [2.45, 2.75) is 52.1 Å². The summed E-state index contributed by atoms with van der Waals surface area (Å²) >= 11 is 2.06. The molecule has 96 valence electrons. The van der Waals surface area contributed by atoms with E-state index in [1.54, 1.807) is 0 Å². The van der Waals surface area contributed by atoms with Gasteiger partial charge < -0.3 is 5.32 Å². The van der Waals surface area contributed by atoms with E-state index in [9.17, 15) is 0 Å². The molecular weight excluding hydrogens is 216 g/mol. The van der Waals surface area contributed by atoms with Crippen molar-refractivity contribution in [1.82, 2.24) is 10.2 Å². The molecule has 0 radical (unpaired) electrons. The van der Waals surface area contributed by atoms with Gasteiger partial charge in [-0.3, -0.25) is 4.90 Å². The Hall–Kier alpha value is 0.270. The summed E-state index contributed by atoms with van der Waals surface area (Å²) in [4.78, 5) is 2.69. The second kappa shape index (κ2) is 6.87. The molecule has 1 N–H and O–H groups in total. The van der Waals surface area contributed by atoms with E-state index >= 15 is 0 Å². The molecule has 1 atom stereocenters. The lowest BCUT2D eigenvalue weighted by atomic mass is 9.97. The molecule has 3 heteroatoms. The molecule has 1 saturated heterocycles. The third-order valence-corrected chi connectivity index (χ3v) is 4.33. The first-order chi connectivity index (χ1) is 7.59. The topological polar surface area (TPSA) is 15.3 Å². The molecule has 1 aliphatic heterocycles. The van der Waals surface area contributed by atoms with Crippen LogP contribution in [0.3, 0.4) is 0 Å². The van der Waals surface area contributed by atoms with Gasteiger partial charge in [0.25, 0.3) is 0 Å². The van der Waals surface area contributed by atoms with Gasteiger partial charge in [0.15, 0.2) is 0 Å². The SMILES string of the molecule is CCSCCCN1CC(C)(C)NCC1CC. The molecule has 1 unspecified atom stereocenters. The molecule has 1 rings (SSSR count). The van der Waals surface area contributed by atoms with Gasteiger partial charge in [0.1, 0.15) is 0 Å². The van der Waals surface area contributed by atoms with E-state index in [0.29, 0.717) is 5.54 Å². The first-order valence-electron chi connectivity index (χ1n) is 6.66. The van der Waals surface area contributed by atoms with Crippen LogP contribution in [0.15, 0.2) is 0 Å². The quantitative estimate of drug-likeness (QED) is 0.723. The normalized spacial score (nSPS) is 25.9. The zero-order valence-corrected chi connectivity index (χ0v) is 12.2. The summed E-state index contributed by atoms with van der Waals surface area (Å²) in [7, 11) is 0. The molecule has 2 nitrogen and oxygen atoms in total. The minimum atomic E-state index is 0.295. The molecule has 1 aliphatic rings. The Kier molecular flexibility index (Phi) is 6.16. The fourth-order valence-electron chi connectivity index (χ4n) is 2.39. The van der Waals surface area contributed by atoms with Crippen LogP contribution in [-0.4, -0.2) is 47.6 Å². The van der Waals surface area contributed by atoms with Crippen LogP contribution in [-0.2, 0) is 0 Å². The van der Waals surface area contributed by atoms with Gasteiger partial charge in [0.2, 0.25) is 0 Å². The average molecular weight is 244 g/mol. The van der Waals surface area contributed by atoms with Crippen molar-refractivity contribution < 1.29 is 0 Å². The lowest BCUT2D eigenvalue weighted by molar-refractivity contribution is 0.0932. The van der Waals surface area contributed by atoms with Crippen LogP contribution in [0.5, 0.6) is 0 Å². The van der Waals surface area contributed by atoms with E-state index in [-0.39, 0.29) is 0 Å². The predicted molar refractivity (Wildman–Crippen MR) is 75.3 cm³/mol. The van der Waals surface area contributed by atoms with Crippen LogP contribution in [0.2, 0.25) is 0 Å². The van der Waals surface area contributed by atoms with Crippen LogP contribution in [0, 0.1) is 0 Å². The molecule has 0 spiro atoms. The van der Waals surface area contributed by atoms with Gasteiger partial charge in [-0.05, 0) is 44.7 Å². The Morgan fingerprint density at radius 3 is 2.75 bits per heavy atom. The number of piperazine rings is 1. The summed E-state index contributed by atoms with van der Waals surface area (Å²) in [5.41, 5.74) is 0.295. The number of thioether (sulfide) groups is 1. The molecule has 1 fully saturated rings. The summed E-state index contributed by atoms with van der Waals surface area (Å²) in [5.74, 6) is 2.57. The molecule has 0 aromatic heterocycles. The molecule has 0 amide bonds. The van der Waals surface area contributed by atoms with Crippen molar-refractivity contribution >= 4 is 11.8 Å². The molecule has 0 aliphatic carbocycles. The maximum absolute atomic E-state index is 3.64. The molecule has 0 aromatic rings. The highest BCUT2D eigenvalue weighted by molar-refractivity contribution is 7.99. The molecule has 1 heterocycles. The first kappa shape index (κ1) is 14.3. The van der Waals surface area contributed by atoms with E-state index in [4.69, 9.17) is 0 Å². The maximum atomic E-state index is 3.64. The Morgan fingerprint density at radius 2 is 2.12 bits per heavy atom. The lowest BCUT2D eigenvalue weighted by Gasteiger charge is -2.44. The number of hydrogen-bond acceptors (Lipinski definition) is 3. The summed E-state index contributed by atoms with van der Waals surface area (Å²) < 4.78 is 0. The third kappa shape index (κ3) is 4.64. The molecule has 0 saturated carbocycles. The van der Waals surface area contributed by atoms with E-state index in [0.717, 1.165) is 12.6 Å². The van der Waals surface area contributed by atoms with Gasteiger partial charge in [-0.2, -0.15) is 11.8 Å². The minimum absolute atomic E-state index is 0.295. The monoisotopic (exact) mass is 244 g/mol. The smallest absolute Gasteiger partial charge is 0.0252 e. The fourth-order valence-corrected chi connectivity index (χ4v) is 3.02. The van der Waals surface area contributed by atoms with Crippen molar-refractivity contribution in [1.29, 1.82) is 0 Å². The zero-order valence-electron chi connectivity index (χ0n) is 11.4. The number of nitrogens with one attached hydrogen (secondary N) is 1. The van der Waals surface area contributed by atoms with Crippen LogP contribution >= 0.6 is 11.8 Å². The number of nitrogens with zero attached hydrogens (tertiary/aromatic N) is 1. The minimum Gasteiger partial charge on any atom is -0.309 e. The largest absolute Gasteiger partial charge is 0.309 e. The lowest BCUT2D eigenvalue weighted by Crippen LogP contribution is -2.61. The van der Waals surface area contributed by atoms with Gasteiger partial charge in [-0.1, -0.05) is 13.8 Å². The standard InChI is InChI=1S/C13H28N2S/c1-5-12-10-14-13(3,4)11-15(12)8-7-9-16-6-2/h12,14H,5-11H2,1-4H3. The Labute approximate surface area is 106 Å². The second-order valence-electron chi connectivity index (χ2n) is 5.35. The molecule has 0 bridgehead atoms. The first-order valence-corrected chi connectivity index (χ1v) is 7.81. The van der Waals surface area contributed by atoms with Crippen molar-refractivity contribution in [3.8, 4) is 0 Å². The highest BCUT2D eigenvalue weighted by Gasteiger charge is 2.30. The van der Waals surface area contributed by atoms with Crippen molar-refractivity contribution in [3.05, 3.63) is 0 Å². The van der Waals surface area contributed by atoms with Crippen LogP contribution in [0.1, 0.15) is 40.5 Å². The summed E-state index contributed by atoms with van der Waals surface area (Å²) in [6, 6.07) is 0.750. The summed E-state index contributed by atoms with van der Waals surface area (Å²) in [6.45, 7) is 12.8. The van der Waals surface area contributed by atoms with Crippen molar-refractivity contribution in [2.75, 3.05) is 31.1 Å². The van der Waals surface area contributed by atoms with Crippen LogP contribution < -0.4 is 5.32 Å². The number of hydrogen-bond donors (Lipinski definition) is 1. The predicted octanol–water partition coefficient (Wildman–Crippen LogP) is 2.59. The van der Waals surface area contributed by atoms with Crippen LogP contribution in [0.4, 0.5) is 0 Å². The second-order valence-corrected chi connectivity index (χ2v) is 6.74. The van der Waals surface area contributed by atoms with Crippen molar-refractivity contribution in [3.63, 3.8) is 0 Å². The Morgan fingerprint density at radius 1 is 1.38 bits per heavy atom. The van der Waals surface area contributed by atoms with E-state index in [1.807, 2.05) is 0 Å². The van der Waals surface area contributed by atoms with Crippen LogP contribution in [0.25, 0.3) is 0 Å². The van der Waals surface area contributed by atoms with Gasteiger partial charge in [-0.15, -0.1) is 0 Å². The van der Waals surface area contributed by atoms with Gasteiger partial charge in [0.05, 0.1) is 0 Å². The van der Waals surface area contributed by atoms with Gasteiger partial charge in [-0.25, -0.2) is 0 Å². The van der Waals surface area contributed by atoms with E-state index in [1.165, 1.54) is 37.4 Å². The van der Waals surface area contributed by atoms with E-state index < -0.39 is 0 Å². The average Bonchev–Trinajstić information content (AvgIpc) is 2.24.